The zero-order valence-electron chi connectivity index (χ0n) is 11.2. The van der Waals surface area contributed by atoms with Crippen LogP contribution in [0.3, 0.4) is 0 Å². The number of nitrogens with zero attached hydrogens (tertiary/aromatic N) is 3. The lowest BCUT2D eigenvalue weighted by atomic mass is 9.94. The monoisotopic (exact) mass is 283 g/mol. The Morgan fingerprint density at radius 1 is 1.37 bits per heavy atom. The first-order chi connectivity index (χ1) is 9.11. The summed E-state index contributed by atoms with van der Waals surface area (Å²) in [6.45, 7) is 0. The molecular formula is C13H18ClN3O2. The van der Waals surface area contributed by atoms with Gasteiger partial charge in [-0.3, -0.25) is 0 Å². The molecule has 0 aromatic carbocycles. The fourth-order valence-corrected chi connectivity index (χ4v) is 2.63. The van der Waals surface area contributed by atoms with Crippen molar-refractivity contribution in [1.29, 1.82) is 0 Å². The second-order valence-corrected chi connectivity index (χ2v) is 5.11. The molecule has 19 heavy (non-hydrogen) atoms. The fourth-order valence-electron chi connectivity index (χ4n) is 2.45. The summed E-state index contributed by atoms with van der Waals surface area (Å²) in [5.41, 5.74) is 0.195. The molecule has 0 spiro atoms. The summed E-state index contributed by atoms with van der Waals surface area (Å²) in [5.74, 6) is 0.176. The first kappa shape index (κ1) is 14.1. The molecule has 0 unspecified atom stereocenters. The number of methoxy groups -OCH3 is 1. The van der Waals surface area contributed by atoms with E-state index in [0.29, 0.717) is 11.9 Å². The van der Waals surface area contributed by atoms with Crippen LogP contribution in [-0.2, 0) is 4.74 Å². The summed E-state index contributed by atoms with van der Waals surface area (Å²) in [5, 5.41) is 0.0700. The minimum absolute atomic E-state index is 0.0700. The summed E-state index contributed by atoms with van der Waals surface area (Å²) < 4.78 is 4.67. The van der Waals surface area contributed by atoms with E-state index in [2.05, 4.69) is 19.6 Å². The molecule has 0 radical (unpaired) electrons. The molecular weight excluding hydrogens is 266 g/mol. The normalized spacial score (nSPS) is 16.2. The smallest absolute Gasteiger partial charge is 0.356 e. The van der Waals surface area contributed by atoms with E-state index in [0.717, 1.165) is 12.8 Å². The van der Waals surface area contributed by atoms with Crippen LogP contribution in [-0.4, -0.2) is 36.1 Å². The first-order valence-electron chi connectivity index (χ1n) is 6.47. The van der Waals surface area contributed by atoms with Crippen molar-refractivity contribution < 1.29 is 9.53 Å². The van der Waals surface area contributed by atoms with E-state index in [1.165, 1.54) is 26.4 Å². The van der Waals surface area contributed by atoms with E-state index in [4.69, 9.17) is 11.6 Å². The third kappa shape index (κ3) is 3.35. The van der Waals surface area contributed by atoms with Gasteiger partial charge in [-0.1, -0.05) is 19.3 Å². The molecule has 6 heteroatoms. The number of rotatable bonds is 3. The molecule has 0 atom stereocenters. The number of anilines is 1. The van der Waals surface area contributed by atoms with Gasteiger partial charge in [0.1, 0.15) is 5.82 Å². The number of carbonyl (C=O) groups is 1. The number of hydrogen-bond acceptors (Lipinski definition) is 5. The number of hydrogen-bond donors (Lipinski definition) is 0. The topological polar surface area (TPSA) is 55.3 Å². The molecule has 1 aromatic rings. The zero-order chi connectivity index (χ0) is 13.8. The van der Waals surface area contributed by atoms with Crippen molar-refractivity contribution in [2.24, 2.45) is 0 Å². The lowest BCUT2D eigenvalue weighted by molar-refractivity contribution is 0.0594. The molecule has 0 aliphatic heterocycles. The average molecular weight is 284 g/mol. The van der Waals surface area contributed by atoms with Gasteiger partial charge in [-0.25, -0.2) is 14.8 Å². The fraction of sp³-hybridized carbons (Fsp3) is 0.615. The highest BCUT2D eigenvalue weighted by Gasteiger charge is 2.21. The number of esters is 1. The number of carbonyl (C=O) groups excluding carboxylic acids is 1. The van der Waals surface area contributed by atoms with Crippen molar-refractivity contribution >= 4 is 23.4 Å². The summed E-state index contributed by atoms with van der Waals surface area (Å²) in [6, 6.07) is 2.08. The average Bonchev–Trinajstić information content (AvgIpc) is 2.45. The van der Waals surface area contributed by atoms with Gasteiger partial charge >= 0.3 is 5.97 Å². The van der Waals surface area contributed by atoms with E-state index in [1.807, 2.05) is 7.05 Å². The first-order valence-corrected chi connectivity index (χ1v) is 6.85. The van der Waals surface area contributed by atoms with E-state index in [1.54, 1.807) is 6.07 Å². The minimum atomic E-state index is -0.498. The Balaban J connectivity index is 2.23. The van der Waals surface area contributed by atoms with E-state index >= 15 is 0 Å². The van der Waals surface area contributed by atoms with Gasteiger partial charge in [0.25, 0.3) is 0 Å². The van der Waals surface area contributed by atoms with Crippen molar-refractivity contribution in [2.75, 3.05) is 19.1 Å². The predicted octanol–water partition coefficient (Wildman–Crippen LogP) is 2.69. The van der Waals surface area contributed by atoms with Crippen LogP contribution < -0.4 is 4.90 Å². The highest BCUT2D eigenvalue weighted by molar-refractivity contribution is 6.28. The molecule has 0 amide bonds. The Morgan fingerprint density at radius 3 is 2.68 bits per heavy atom. The van der Waals surface area contributed by atoms with Crippen molar-refractivity contribution in [3.8, 4) is 0 Å². The third-order valence-electron chi connectivity index (χ3n) is 3.56. The van der Waals surface area contributed by atoms with Crippen LogP contribution in [0.1, 0.15) is 42.6 Å². The maximum absolute atomic E-state index is 11.5. The van der Waals surface area contributed by atoms with Gasteiger partial charge in [0, 0.05) is 19.2 Å². The predicted molar refractivity (Wildman–Crippen MR) is 73.7 cm³/mol. The summed E-state index contributed by atoms with van der Waals surface area (Å²) in [7, 11) is 3.30. The van der Waals surface area contributed by atoms with Crippen molar-refractivity contribution in [3.05, 3.63) is 17.0 Å². The Bertz CT molecular complexity index is 461. The zero-order valence-corrected chi connectivity index (χ0v) is 12.0. The van der Waals surface area contributed by atoms with Gasteiger partial charge in [-0.15, -0.1) is 0 Å². The molecule has 5 nitrogen and oxygen atoms in total. The molecule has 0 saturated heterocycles. The maximum atomic E-state index is 11.5. The van der Waals surface area contributed by atoms with Crippen molar-refractivity contribution in [2.45, 2.75) is 38.1 Å². The Kier molecular flexibility index (Phi) is 4.58. The van der Waals surface area contributed by atoms with Crippen molar-refractivity contribution in [1.82, 2.24) is 9.97 Å². The molecule has 1 aliphatic carbocycles. The van der Waals surface area contributed by atoms with Gasteiger partial charge in [-0.2, -0.15) is 0 Å². The molecule has 1 heterocycles. The van der Waals surface area contributed by atoms with Crippen LogP contribution >= 0.6 is 11.6 Å². The Morgan fingerprint density at radius 2 is 2.05 bits per heavy atom. The van der Waals surface area contributed by atoms with Crippen molar-refractivity contribution in [3.63, 3.8) is 0 Å². The lowest BCUT2D eigenvalue weighted by Crippen LogP contribution is -2.34. The van der Waals surface area contributed by atoms with E-state index < -0.39 is 5.97 Å². The summed E-state index contributed by atoms with van der Waals surface area (Å²) in [6.07, 6.45) is 6.05. The van der Waals surface area contributed by atoms with Gasteiger partial charge in [0.15, 0.2) is 5.69 Å². The lowest BCUT2D eigenvalue weighted by Gasteiger charge is -2.32. The standard InChI is InChI=1S/C13H18ClN3O2/c1-17(9-6-4-3-5-7-9)11-8-10(12(18)19-2)15-13(14)16-11/h8-9H,3-7H2,1-2H3. The molecule has 1 aromatic heterocycles. The quantitative estimate of drug-likeness (QED) is 0.630. The van der Waals surface area contributed by atoms with Crippen LogP contribution in [0.5, 0.6) is 0 Å². The molecule has 1 aliphatic rings. The molecule has 1 fully saturated rings. The van der Waals surface area contributed by atoms with Gasteiger partial charge in [0.05, 0.1) is 7.11 Å². The van der Waals surface area contributed by atoms with E-state index in [9.17, 15) is 4.79 Å². The number of ether oxygens (including phenoxy) is 1. The van der Waals surface area contributed by atoms with Gasteiger partial charge in [-0.05, 0) is 24.4 Å². The van der Waals surface area contributed by atoms with Crippen LogP contribution in [0.2, 0.25) is 5.28 Å². The second-order valence-electron chi connectivity index (χ2n) is 4.77. The summed E-state index contributed by atoms with van der Waals surface area (Å²) in [4.78, 5) is 21.7. The number of aromatic nitrogens is 2. The summed E-state index contributed by atoms with van der Waals surface area (Å²) >= 11 is 5.88. The SMILES string of the molecule is COC(=O)c1cc(N(C)C2CCCCC2)nc(Cl)n1. The molecule has 0 N–H and O–H groups in total. The van der Waals surface area contributed by atoms with Gasteiger partial charge < -0.3 is 9.64 Å². The Labute approximate surface area is 117 Å². The molecule has 1 saturated carbocycles. The van der Waals surface area contributed by atoms with Crippen LogP contribution in [0.15, 0.2) is 6.07 Å². The van der Waals surface area contributed by atoms with Crippen LogP contribution in [0.25, 0.3) is 0 Å². The minimum Gasteiger partial charge on any atom is -0.464 e. The number of halogens is 1. The highest BCUT2D eigenvalue weighted by Crippen LogP contribution is 2.26. The maximum Gasteiger partial charge on any atom is 0.356 e. The molecule has 0 bridgehead atoms. The second kappa shape index (κ2) is 6.19. The van der Waals surface area contributed by atoms with E-state index in [-0.39, 0.29) is 11.0 Å². The Hall–Kier alpha value is -1.36. The van der Waals surface area contributed by atoms with Gasteiger partial charge in [0.2, 0.25) is 5.28 Å². The molecule has 104 valence electrons. The molecule has 2 rings (SSSR count). The van der Waals surface area contributed by atoms with Crippen LogP contribution in [0, 0.1) is 0 Å². The largest absolute Gasteiger partial charge is 0.464 e. The highest BCUT2D eigenvalue weighted by atomic mass is 35.5. The van der Waals surface area contributed by atoms with Crippen LogP contribution in [0.4, 0.5) is 5.82 Å². The third-order valence-corrected chi connectivity index (χ3v) is 3.73.